The smallest absolute Gasteiger partial charge is 0.225 e. The van der Waals surface area contributed by atoms with Crippen molar-refractivity contribution in [3.8, 4) is 0 Å². The third kappa shape index (κ3) is 3.74. The molecule has 2 aliphatic carbocycles. The fourth-order valence-corrected chi connectivity index (χ4v) is 3.48. The summed E-state index contributed by atoms with van der Waals surface area (Å²) in [6.07, 6.45) is 9.53. The summed E-state index contributed by atoms with van der Waals surface area (Å²) >= 11 is 0. The van der Waals surface area contributed by atoms with E-state index in [9.17, 15) is 0 Å². The molecule has 0 spiro atoms. The van der Waals surface area contributed by atoms with Gasteiger partial charge in [0.2, 0.25) is 5.95 Å². The van der Waals surface area contributed by atoms with Crippen molar-refractivity contribution in [3.05, 3.63) is 24.3 Å². The van der Waals surface area contributed by atoms with Gasteiger partial charge in [-0.1, -0.05) is 31.4 Å². The van der Waals surface area contributed by atoms with Crippen LogP contribution < -0.4 is 10.6 Å². The molecule has 0 saturated heterocycles. The summed E-state index contributed by atoms with van der Waals surface area (Å²) in [6.45, 7) is 2.03. The van der Waals surface area contributed by atoms with E-state index in [1.54, 1.807) is 0 Å². The normalized spacial score (nSPS) is 19.0. The summed E-state index contributed by atoms with van der Waals surface area (Å²) in [5.41, 5.74) is 1.02. The van der Waals surface area contributed by atoms with Crippen LogP contribution in [0.15, 0.2) is 24.3 Å². The second kappa shape index (κ2) is 6.73. The fourth-order valence-electron chi connectivity index (χ4n) is 3.48. The quantitative estimate of drug-likeness (QED) is 0.828. The van der Waals surface area contributed by atoms with Crippen LogP contribution in [0.25, 0.3) is 10.9 Å². The predicted molar refractivity (Wildman–Crippen MR) is 95.8 cm³/mol. The number of hydrogen-bond acceptors (Lipinski definition) is 4. The Bertz CT molecular complexity index is 659. The number of nitrogens with one attached hydrogen (secondary N) is 2. The van der Waals surface area contributed by atoms with Gasteiger partial charge in [-0.05, 0) is 49.7 Å². The minimum Gasteiger partial charge on any atom is -0.369 e. The van der Waals surface area contributed by atoms with Crippen LogP contribution in [0, 0.1) is 11.8 Å². The summed E-state index contributed by atoms with van der Waals surface area (Å²) in [5.74, 6) is 3.37. The zero-order valence-electron chi connectivity index (χ0n) is 13.7. The van der Waals surface area contributed by atoms with Crippen LogP contribution in [0.3, 0.4) is 0 Å². The van der Waals surface area contributed by atoms with Crippen molar-refractivity contribution in [2.24, 2.45) is 11.8 Å². The van der Waals surface area contributed by atoms with E-state index in [0.717, 1.165) is 47.6 Å². The van der Waals surface area contributed by atoms with Gasteiger partial charge in [0.1, 0.15) is 5.82 Å². The second-order valence-electron chi connectivity index (χ2n) is 7.12. The Morgan fingerprint density at radius 1 is 0.826 bits per heavy atom. The first-order valence-corrected chi connectivity index (χ1v) is 9.13. The summed E-state index contributed by atoms with van der Waals surface area (Å²) < 4.78 is 0. The van der Waals surface area contributed by atoms with Gasteiger partial charge >= 0.3 is 0 Å². The van der Waals surface area contributed by atoms with Crippen molar-refractivity contribution >= 4 is 22.7 Å². The van der Waals surface area contributed by atoms with Crippen molar-refractivity contribution in [3.63, 3.8) is 0 Å². The van der Waals surface area contributed by atoms with E-state index in [1.165, 1.54) is 44.9 Å². The molecule has 2 aliphatic rings. The fraction of sp³-hybridized carbons (Fsp3) is 0.579. The Balaban J connectivity index is 1.50. The molecule has 1 aromatic carbocycles. The summed E-state index contributed by atoms with van der Waals surface area (Å²) in [6, 6.07) is 8.29. The molecule has 2 saturated carbocycles. The zero-order valence-corrected chi connectivity index (χ0v) is 13.7. The van der Waals surface area contributed by atoms with E-state index in [1.807, 2.05) is 6.07 Å². The molecule has 122 valence electrons. The third-order valence-corrected chi connectivity index (χ3v) is 5.13. The van der Waals surface area contributed by atoms with Crippen LogP contribution in [0.2, 0.25) is 0 Å². The molecular weight excluding hydrogens is 284 g/mol. The highest BCUT2D eigenvalue weighted by molar-refractivity contribution is 5.90. The first kappa shape index (κ1) is 14.7. The van der Waals surface area contributed by atoms with E-state index in [4.69, 9.17) is 9.97 Å². The second-order valence-corrected chi connectivity index (χ2v) is 7.12. The molecule has 0 unspecified atom stereocenters. The van der Waals surface area contributed by atoms with Crippen LogP contribution in [-0.2, 0) is 0 Å². The molecule has 0 bridgehead atoms. The highest BCUT2D eigenvalue weighted by atomic mass is 15.1. The largest absolute Gasteiger partial charge is 0.369 e. The molecule has 1 heterocycles. The Morgan fingerprint density at radius 2 is 1.57 bits per heavy atom. The van der Waals surface area contributed by atoms with Crippen molar-refractivity contribution in [1.82, 2.24) is 9.97 Å². The average Bonchev–Trinajstić information content (AvgIpc) is 3.43. The van der Waals surface area contributed by atoms with Crippen LogP contribution >= 0.6 is 0 Å². The maximum Gasteiger partial charge on any atom is 0.225 e. The molecule has 0 amide bonds. The molecule has 0 radical (unpaired) electrons. The molecule has 23 heavy (non-hydrogen) atoms. The van der Waals surface area contributed by atoms with Gasteiger partial charge in [0.15, 0.2) is 0 Å². The number of nitrogens with zero attached hydrogens (tertiary/aromatic N) is 2. The van der Waals surface area contributed by atoms with Gasteiger partial charge in [0, 0.05) is 18.5 Å². The summed E-state index contributed by atoms with van der Waals surface area (Å²) in [5, 5.41) is 8.15. The van der Waals surface area contributed by atoms with E-state index < -0.39 is 0 Å². The minimum absolute atomic E-state index is 0.771. The molecule has 4 heteroatoms. The maximum absolute atomic E-state index is 4.75. The van der Waals surface area contributed by atoms with Gasteiger partial charge < -0.3 is 10.6 Å². The number of para-hydroxylation sites is 1. The van der Waals surface area contributed by atoms with Gasteiger partial charge in [0.05, 0.1) is 5.52 Å². The summed E-state index contributed by atoms with van der Waals surface area (Å²) in [7, 11) is 0. The lowest BCUT2D eigenvalue weighted by atomic mass is 9.89. The molecule has 4 nitrogen and oxygen atoms in total. The maximum atomic E-state index is 4.75. The molecule has 1 aromatic heterocycles. The van der Waals surface area contributed by atoms with Crippen molar-refractivity contribution < 1.29 is 0 Å². The standard InChI is InChI=1S/C19H26N4/c1-2-6-14(7-3-1)13-21-19-22-17-9-5-4-8-16(17)18(23-19)20-12-15-10-11-15/h4-5,8-9,14-15H,1-3,6-7,10-13H2,(H2,20,21,22,23). The highest BCUT2D eigenvalue weighted by Crippen LogP contribution is 2.30. The Labute approximate surface area is 138 Å². The highest BCUT2D eigenvalue weighted by Gasteiger charge is 2.21. The van der Waals surface area contributed by atoms with Gasteiger partial charge in [-0.3, -0.25) is 0 Å². The van der Waals surface area contributed by atoms with Crippen molar-refractivity contribution in [2.45, 2.75) is 44.9 Å². The molecule has 2 fully saturated rings. The topological polar surface area (TPSA) is 49.8 Å². The summed E-state index contributed by atoms with van der Waals surface area (Å²) in [4.78, 5) is 9.45. The number of aromatic nitrogens is 2. The van der Waals surface area contributed by atoms with Gasteiger partial charge in [-0.15, -0.1) is 0 Å². The van der Waals surface area contributed by atoms with E-state index in [2.05, 4.69) is 28.8 Å². The van der Waals surface area contributed by atoms with Crippen molar-refractivity contribution in [1.29, 1.82) is 0 Å². The molecule has 2 aromatic rings. The van der Waals surface area contributed by atoms with Crippen LogP contribution in [0.1, 0.15) is 44.9 Å². The monoisotopic (exact) mass is 310 g/mol. The Hall–Kier alpha value is -1.84. The average molecular weight is 310 g/mol. The molecule has 0 atom stereocenters. The third-order valence-electron chi connectivity index (χ3n) is 5.13. The number of fused-ring (bicyclic) bond motifs is 1. The van der Waals surface area contributed by atoms with Gasteiger partial charge in [-0.2, -0.15) is 4.98 Å². The number of anilines is 2. The van der Waals surface area contributed by atoms with Crippen LogP contribution in [0.5, 0.6) is 0 Å². The van der Waals surface area contributed by atoms with Crippen LogP contribution in [-0.4, -0.2) is 23.1 Å². The SMILES string of the molecule is c1ccc2c(NCC3CC3)nc(NCC3CCCCC3)nc2c1. The van der Waals surface area contributed by atoms with Crippen LogP contribution in [0.4, 0.5) is 11.8 Å². The lowest BCUT2D eigenvalue weighted by Crippen LogP contribution is -2.18. The molecular formula is C19H26N4. The number of benzene rings is 1. The zero-order chi connectivity index (χ0) is 15.5. The molecule has 0 aliphatic heterocycles. The van der Waals surface area contributed by atoms with E-state index in [-0.39, 0.29) is 0 Å². The van der Waals surface area contributed by atoms with Gasteiger partial charge in [0.25, 0.3) is 0 Å². The van der Waals surface area contributed by atoms with E-state index in [0.29, 0.717) is 0 Å². The Kier molecular flexibility index (Phi) is 4.31. The lowest BCUT2D eigenvalue weighted by Gasteiger charge is -2.22. The lowest BCUT2D eigenvalue weighted by molar-refractivity contribution is 0.373. The number of rotatable bonds is 6. The first-order valence-electron chi connectivity index (χ1n) is 9.13. The molecule has 4 rings (SSSR count). The van der Waals surface area contributed by atoms with Crippen molar-refractivity contribution in [2.75, 3.05) is 23.7 Å². The molecule has 2 N–H and O–H groups in total. The first-order chi connectivity index (χ1) is 11.4. The Morgan fingerprint density at radius 3 is 2.39 bits per heavy atom. The van der Waals surface area contributed by atoms with E-state index >= 15 is 0 Å². The minimum atomic E-state index is 0.771. The van der Waals surface area contributed by atoms with Gasteiger partial charge in [-0.25, -0.2) is 4.98 Å². The predicted octanol–water partition coefficient (Wildman–Crippen LogP) is 4.44. The number of hydrogen-bond donors (Lipinski definition) is 2.